The summed E-state index contributed by atoms with van der Waals surface area (Å²) in [5.74, 6) is -5.24. The number of amides is 3. The van der Waals surface area contributed by atoms with E-state index in [-0.39, 0.29) is 62.7 Å². The molecular weight excluding hydrogens is 560 g/mol. The molecule has 3 amide bonds. The lowest BCUT2D eigenvalue weighted by Crippen LogP contribution is -2.44. The van der Waals surface area contributed by atoms with Crippen LogP contribution in [0.1, 0.15) is 97.6 Å². The van der Waals surface area contributed by atoms with Crippen LogP contribution in [0.2, 0.25) is 0 Å². The van der Waals surface area contributed by atoms with Crippen molar-refractivity contribution in [3.63, 3.8) is 0 Å². The third-order valence-corrected chi connectivity index (χ3v) is 7.78. The fraction of sp³-hybridized carbons (Fsp3) is 0.630. The summed E-state index contributed by atoms with van der Waals surface area (Å²) in [6.07, 6.45) is 7.50. The van der Waals surface area contributed by atoms with Crippen LogP contribution in [-0.4, -0.2) is 66.7 Å². The van der Waals surface area contributed by atoms with E-state index < -0.39 is 23.9 Å². The number of aromatic nitrogens is 5. The van der Waals surface area contributed by atoms with Crippen molar-refractivity contribution in [3.8, 4) is 0 Å². The first kappa shape index (κ1) is 29.7. The number of nitrogens with one attached hydrogen (secondary N) is 2. The van der Waals surface area contributed by atoms with Crippen LogP contribution in [-0.2, 0) is 13.1 Å². The van der Waals surface area contributed by atoms with Crippen molar-refractivity contribution >= 4 is 17.6 Å². The molecule has 6 rings (SSSR count). The van der Waals surface area contributed by atoms with Gasteiger partial charge in [0.05, 0.1) is 24.6 Å². The Balaban J connectivity index is 0.000000382. The number of fused-ring (bicyclic) bond motifs is 1. The molecule has 0 bridgehead atoms. The molecule has 3 fully saturated rings. The highest BCUT2D eigenvalue weighted by molar-refractivity contribution is 5.93. The molecule has 228 valence electrons. The average molecular weight is 595 g/mol. The van der Waals surface area contributed by atoms with E-state index in [0.717, 1.165) is 19.3 Å². The Morgan fingerprint density at radius 1 is 1.07 bits per heavy atom. The van der Waals surface area contributed by atoms with E-state index in [4.69, 9.17) is 4.63 Å². The Morgan fingerprint density at radius 3 is 2.45 bits per heavy atom. The third kappa shape index (κ3) is 7.34. The Bertz CT molecular complexity index is 1400. The quantitative estimate of drug-likeness (QED) is 0.375. The molecule has 2 N–H and O–H groups in total. The van der Waals surface area contributed by atoms with Gasteiger partial charge in [-0.1, -0.05) is 11.6 Å². The highest BCUT2D eigenvalue weighted by atomic mass is 19.3. The van der Waals surface area contributed by atoms with Gasteiger partial charge in [-0.3, -0.25) is 4.79 Å². The number of halogens is 4. The number of imidazole rings is 1. The molecular formula is C27H34F4N8O3. The van der Waals surface area contributed by atoms with Gasteiger partial charge in [0.2, 0.25) is 11.8 Å². The van der Waals surface area contributed by atoms with Crippen molar-refractivity contribution in [3.05, 3.63) is 41.1 Å². The molecule has 0 aliphatic heterocycles. The second-order valence-corrected chi connectivity index (χ2v) is 11.2. The molecule has 0 aromatic carbocycles. The van der Waals surface area contributed by atoms with Crippen LogP contribution in [0.3, 0.4) is 0 Å². The van der Waals surface area contributed by atoms with E-state index in [2.05, 4.69) is 31.0 Å². The Labute approximate surface area is 239 Å². The van der Waals surface area contributed by atoms with Crippen molar-refractivity contribution in [1.29, 1.82) is 0 Å². The van der Waals surface area contributed by atoms with Gasteiger partial charge >= 0.3 is 6.03 Å². The smallest absolute Gasteiger partial charge is 0.317 e. The van der Waals surface area contributed by atoms with Gasteiger partial charge in [-0.15, -0.1) is 0 Å². The van der Waals surface area contributed by atoms with Crippen molar-refractivity contribution in [1.82, 2.24) is 40.4 Å². The van der Waals surface area contributed by atoms with Crippen molar-refractivity contribution < 1.29 is 31.8 Å². The first-order valence-electron chi connectivity index (χ1n) is 14.2. The molecule has 3 heterocycles. The summed E-state index contributed by atoms with van der Waals surface area (Å²) in [5, 5.41) is 17.1. The van der Waals surface area contributed by atoms with Gasteiger partial charge in [0.1, 0.15) is 5.69 Å². The summed E-state index contributed by atoms with van der Waals surface area (Å²) >= 11 is 0. The number of nitrogens with zero attached hydrogens (tertiary/aromatic N) is 6. The highest BCUT2D eigenvalue weighted by Gasteiger charge is 2.43. The van der Waals surface area contributed by atoms with E-state index in [1.807, 2.05) is 0 Å². The lowest BCUT2D eigenvalue weighted by atomic mass is 9.97. The second kappa shape index (κ2) is 12.2. The van der Waals surface area contributed by atoms with Crippen molar-refractivity contribution in [2.45, 2.75) is 101 Å². The molecule has 3 saturated carbocycles. The average Bonchev–Trinajstić information content (AvgIpc) is 3.36. The third-order valence-electron chi connectivity index (χ3n) is 7.78. The lowest BCUT2D eigenvalue weighted by molar-refractivity contribution is -0.0337. The molecule has 1 atom stereocenters. The van der Waals surface area contributed by atoms with Crippen LogP contribution in [0.25, 0.3) is 5.65 Å². The zero-order valence-corrected chi connectivity index (χ0v) is 23.3. The number of hydrogen-bond acceptors (Lipinski definition) is 7. The van der Waals surface area contributed by atoms with E-state index in [1.54, 1.807) is 23.0 Å². The number of rotatable bonds is 7. The molecule has 3 aromatic rings. The molecule has 0 saturated heterocycles. The molecule has 0 radical (unpaired) electrons. The predicted octanol–water partition coefficient (Wildman–Crippen LogP) is 4.83. The molecule has 0 spiro atoms. The SMILES string of the molecule is CNC(=O)N(Cc1cnn2cc(CNC(=O)c3nonc3C3CC3)nc2c1)C1CCC(F)(F)C1.FC1(F)CCCCC1. The van der Waals surface area contributed by atoms with Gasteiger partial charge in [0.15, 0.2) is 11.3 Å². The van der Waals surface area contributed by atoms with Crippen LogP contribution < -0.4 is 10.6 Å². The van der Waals surface area contributed by atoms with Crippen LogP contribution in [0.4, 0.5) is 22.4 Å². The summed E-state index contributed by atoms with van der Waals surface area (Å²) in [5.41, 5.74) is 2.52. The van der Waals surface area contributed by atoms with E-state index >= 15 is 0 Å². The minimum atomic E-state index is -2.76. The minimum Gasteiger partial charge on any atom is -0.345 e. The van der Waals surface area contributed by atoms with Gasteiger partial charge in [-0.05, 0) is 48.9 Å². The van der Waals surface area contributed by atoms with E-state index in [9.17, 15) is 27.2 Å². The molecule has 1 unspecified atom stereocenters. The van der Waals surface area contributed by atoms with Crippen LogP contribution in [0.5, 0.6) is 0 Å². The van der Waals surface area contributed by atoms with Gasteiger partial charge < -0.3 is 15.5 Å². The standard InChI is InChI=1S/C21H24F2N8O3.C6H10F2/c1-24-20(33)30(15-4-5-21(22,23)7-15)10-12-6-16-27-14(11-31(16)26-8-12)9-25-19(32)18-17(13-2-3-13)28-34-29-18;7-6(8)4-2-1-3-5-6/h6,8,11,13,15H,2-5,7,9-10H2,1H3,(H,24,33)(H,25,32);1-5H2. The van der Waals surface area contributed by atoms with Crippen LogP contribution in [0, 0.1) is 0 Å². The van der Waals surface area contributed by atoms with E-state index in [1.165, 1.54) is 11.9 Å². The monoisotopic (exact) mass is 594 g/mol. The molecule has 3 aliphatic carbocycles. The highest BCUT2D eigenvalue weighted by Crippen LogP contribution is 2.40. The van der Waals surface area contributed by atoms with Crippen molar-refractivity contribution in [2.75, 3.05) is 7.05 Å². The van der Waals surface area contributed by atoms with Crippen molar-refractivity contribution in [2.24, 2.45) is 0 Å². The topological polar surface area (TPSA) is 131 Å². The number of urea groups is 1. The molecule has 11 nitrogen and oxygen atoms in total. The fourth-order valence-corrected chi connectivity index (χ4v) is 5.34. The molecule has 3 aromatic heterocycles. The maximum atomic E-state index is 13.7. The minimum absolute atomic E-state index is 0.118. The molecule has 42 heavy (non-hydrogen) atoms. The summed E-state index contributed by atoms with van der Waals surface area (Å²) in [6.45, 7) is 0.280. The van der Waals surface area contributed by atoms with Gasteiger partial charge in [0.25, 0.3) is 5.91 Å². The normalized spacial score (nSPS) is 20.9. The first-order valence-corrected chi connectivity index (χ1v) is 14.2. The first-order chi connectivity index (χ1) is 20.0. The summed E-state index contributed by atoms with van der Waals surface area (Å²) in [4.78, 5) is 30.7. The van der Waals surface area contributed by atoms with Crippen LogP contribution >= 0.6 is 0 Å². The van der Waals surface area contributed by atoms with E-state index in [0.29, 0.717) is 35.4 Å². The van der Waals surface area contributed by atoms with Gasteiger partial charge in [-0.2, -0.15) is 5.10 Å². The van der Waals surface area contributed by atoms with Gasteiger partial charge in [0, 0.05) is 51.2 Å². The zero-order valence-electron chi connectivity index (χ0n) is 23.3. The van der Waals surface area contributed by atoms with Gasteiger partial charge in [-0.25, -0.2) is 36.5 Å². The summed E-state index contributed by atoms with van der Waals surface area (Å²) in [6, 6.07) is 0.777. The maximum Gasteiger partial charge on any atom is 0.317 e. The number of alkyl halides is 4. The second-order valence-electron chi connectivity index (χ2n) is 11.2. The fourth-order valence-electron chi connectivity index (χ4n) is 5.34. The Hall–Kier alpha value is -3.78. The maximum absolute atomic E-state index is 13.7. The Morgan fingerprint density at radius 2 is 1.83 bits per heavy atom. The summed E-state index contributed by atoms with van der Waals surface area (Å²) < 4.78 is 58.1. The number of carbonyl (C=O) groups excluding carboxylic acids is 2. The lowest BCUT2D eigenvalue weighted by Gasteiger charge is -2.28. The molecule has 15 heteroatoms. The zero-order chi connectivity index (χ0) is 29.9. The summed E-state index contributed by atoms with van der Waals surface area (Å²) in [7, 11) is 1.47. The predicted molar refractivity (Wildman–Crippen MR) is 141 cm³/mol. The number of hydrogen-bond donors (Lipinski definition) is 2. The largest absolute Gasteiger partial charge is 0.345 e. The number of carbonyl (C=O) groups is 2. The molecule has 3 aliphatic rings. The Kier molecular flexibility index (Phi) is 8.64. The van der Waals surface area contributed by atoms with Crippen LogP contribution in [0.15, 0.2) is 23.1 Å².